The van der Waals surface area contributed by atoms with Crippen molar-refractivity contribution in [3.63, 3.8) is 0 Å². The van der Waals surface area contributed by atoms with Crippen LogP contribution >= 0.6 is 0 Å². The second-order valence-electron chi connectivity index (χ2n) is 4.29. The Morgan fingerprint density at radius 1 is 1.29 bits per heavy atom. The highest BCUT2D eigenvalue weighted by atomic mass is 16.5. The number of anilines is 1. The highest BCUT2D eigenvalue weighted by Gasteiger charge is 2.03. The summed E-state index contributed by atoms with van der Waals surface area (Å²) in [5.41, 5.74) is 4.96. The van der Waals surface area contributed by atoms with E-state index in [-0.39, 0.29) is 5.75 Å². The van der Waals surface area contributed by atoms with Crippen LogP contribution in [0.4, 0.5) is 6.01 Å². The molecule has 0 aliphatic carbocycles. The fourth-order valence-electron chi connectivity index (χ4n) is 1.86. The number of phenolic OH excluding ortho intramolecular Hbond substituents is 1. The first-order valence-electron chi connectivity index (χ1n) is 6.28. The minimum absolute atomic E-state index is 0.0848. The number of hydrogen-bond acceptors (Lipinski definition) is 6. The van der Waals surface area contributed by atoms with E-state index in [2.05, 4.69) is 15.5 Å². The second kappa shape index (κ2) is 5.54. The molecule has 0 aliphatic rings. The van der Waals surface area contributed by atoms with Crippen molar-refractivity contribution in [3.8, 4) is 11.5 Å². The highest BCUT2D eigenvalue weighted by Crippen LogP contribution is 2.25. The van der Waals surface area contributed by atoms with E-state index >= 15 is 0 Å². The van der Waals surface area contributed by atoms with Gasteiger partial charge >= 0.3 is 6.01 Å². The van der Waals surface area contributed by atoms with Crippen molar-refractivity contribution < 1.29 is 14.3 Å². The molecule has 0 bridgehead atoms. The van der Waals surface area contributed by atoms with Crippen molar-refractivity contribution >= 4 is 23.3 Å². The predicted octanol–water partition coefficient (Wildman–Crippen LogP) is 2.99. The van der Waals surface area contributed by atoms with Gasteiger partial charge in [-0.05, 0) is 35.9 Å². The van der Waals surface area contributed by atoms with Crippen molar-refractivity contribution in [1.82, 2.24) is 4.98 Å². The monoisotopic (exact) mass is 283 g/mol. The number of fused-ring (bicyclic) bond motifs is 1. The smallest absolute Gasteiger partial charge is 0.316 e. The Kier molecular flexibility index (Phi) is 3.42. The molecule has 1 heterocycles. The summed E-state index contributed by atoms with van der Waals surface area (Å²) in [5.74, 6) is 0.474. The summed E-state index contributed by atoms with van der Waals surface area (Å²) in [6, 6.07) is 12.7. The molecule has 2 N–H and O–H groups in total. The van der Waals surface area contributed by atoms with E-state index in [0.29, 0.717) is 17.3 Å². The van der Waals surface area contributed by atoms with E-state index in [1.807, 2.05) is 24.3 Å². The summed E-state index contributed by atoms with van der Waals surface area (Å²) in [6.45, 7) is 0. The van der Waals surface area contributed by atoms with Crippen LogP contribution in [0.25, 0.3) is 11.1 Å². The van der Waals surface area contributed by atoms with E-state index < -0.39 is 0 Å². The Balaban J connectivity index is 1.74. The van der Waals surface area contributed by atoms with Gasteiger partial charge in [-0.15, -0.1) is 0 Å². The van der Waals surface area contributed by atoms with E-state index in [4.69, 9.17) is 9.15 Å². The van der Waals surface area contributed by atoms with Crippen molar-refractivity contribution in [2.45, 2.75) is 0 Å². The molecule has 0 fully saturated rings. The average Bonchev–Trinajstić information content (AvgIpc) is 2.91. The maximum absolute atomic E-state index is 9.51. The number of para-hydroxylation sites is 2. The molecule has 1 aromatic heterocycles. The number of benzene rings is 2. The molecule has 0 amide bonds. The van der Waals surface area contributed by atoms with Crippen LogP contribution in [0, 0.1) is 0 Å². The van der Waals surface area contributed by atoms with E-state index in [1.54, 1.807) is 24.4 Å². The largest absolute Gasteiger partial charge is 0.504 e. The lowest BCUT2D eigenvalue weighted by Crippen LogP contribution is -1.91. The Morgan fingerprint density at radius 3 is 2.95 bits per heavy atom. The summed E-state index contributed by atoms with van der Waals surface area (Å²) < 4.78 is 10.5. The fourth-order valence-corrected chi connectivity index (χ4v) is 1.86. The molecule has 3 aromatic rings. The van der Waals surface area contributed by atoms with Crippen LogP contribution in [-0.2, 0) is 0 Å². The van der Waals surface area contributed by atoms with Crippen LogP contribution in [0.3, 0.4) is 0 Å². The quantitative estimate of drug-likeness (QED) is 0.568. The molecule has 0 saturated heterocycles. The Labute approximate surface area is 120 Å². The number of aromatic hydroxyl groups is 1. The highest BCUT2D eigenvalue weighted by molar-refractivity contribution is 5.81. The van der Waals surface area contributed by atoms with Gasteiger partial charge < -0.3 is 14.3 Å². The van der Waals surface area contributed by atoms with Crippen LogP contribution in [0.2, 0.25) is 0 Å². The number of hydrogen-bond donors (Lipinski definition) is 2. The molecule has 6 heteroatoms. The van der Waals surface area contributed by atoms with Gasteiger partial charge in [-0.2, -0.15) is 10.1 Å². The van der Waals surface area contributed by atoms with Crippen molar-refractivity contribution in [2.24, 2.45) is 5.10 Å². The SMILES string of the molecule is COc1cc(/C=N\Nc2nc3ccccc3o2)ccc1O. The number of oxazole rings is 1. The molecule has 0 spiro atoms. The lowest BCUT2D eigenvalue weighted by molar-refractivity contribution is 0.373. The first kappa shape index (κ1) is 13.0. The summed E-state index contributed by atoms with van der Waals surface area (Å²) in [6.07, 6.45) is 1.58. The molecule has 2 aromatic carbocycles. The maximum atomic E-state index is 9.51. The fraction of sp³-hybridized carbons (Fsp3) is 0.0667. The maximum Gasteiger partial charge on any atom is 0.316 e. The molecule has 0 aliphatic heterocycles. The van der Waals surface area contributed by atoms with Crippen molar-refractivity contribution in [2.75, 3.05) is 12.5 Å². The van der Waals surface area contributed by atoms with Gasteiger partial charge in [0.25, 0.3) is 0 Å². The zero-order valence-electron chi connectivity index (χ0n) is 11.3. The molecule has 21 heavy (non-hydrogen) atoms. The lowest BCUT2D eigenvalue weighted by atomic mass is 10.2. The summed E-state index contributed by atoms with van der Waals surface area (Å²) in [5, 5.41) is 13.6. The molecular weight excluding hydrogens is 270 g/mol. The molecule has 6 nitrogen and oxygen atoms in total. The molecule has 0 radical (unpaired) electrons. The van der Waals surface area contributed by atoms with Gasteiger partial charge in [-0.3, -0.25) is 0 Å². The zero-order chi connectivity index (χ0) is 14.7. The topological polar surface area (TPSA) is 79.9 Å². The summed E-state index contributed by atoms with van der Waals surface area (Å²) >= 11 is 0. The molecule has 0 unspecified atom stereocenters. The van der Waals surface area contributed by atoms with Gasteiger partial charge in [0.1, 0.15) is 5.52 Å². The predicted molar refractivity (Wildman–Crippen MR) is 79.9 cm³/mol. The van der Waals surface area contributed by atoms with Crippen LogP contribution in [0.1, 0.15) is 5.56 Å². The van der Waals surface area contributed by atoms with Crippen molar-refractivity contribution in [1.29, 1.82) is 0 Å². The number of rotatable bonds is 4. The summed E-state index contributed by atoms with van der Waals surface area (Å²) in [4.78, 5) is 4.24. The standard InChI is InChI=1S/C15H13N3O3/c1-20-14-8-10(6-7-12(14)19)9-16-18-15-17-11-4-2-3-5-13(11)21-15/h2-9,19H,1H3,(H,17,18)/b16-9-. The summed E-state index contributed by atoms with van der Waals surface area (Å²) in [7, 11) is 1.49. The first-order chi connectivity index (χ1) is 10.3. The molecule has 0 saturated carbocycles. The molecule has 0 atom stereocenters. The minimum atomic E-state index is 0.0848. The van der Waals surface area contributed by atoms with Gasteiger partial charge in [0, 0.05) is 0 Å². The van der Waals surface area contributed by atoms with Gasteiger partial charge in [-0.1, -0.05) is 12.1 Å². The number of phenols is 1. The lowest BCUT2D eigenvalue weighted by Gasteiger charge is -2.03. The van der Waals surface area contributed by atoms with Gasteiger partial charge in [0.15, 0.2) is 17.1 Å². The van der Waals surface area contributed by atoms with Crippen LogP contribution in [-0.4, -0.2) is 23.4 Å². The average molecular weight is 283 g/mol. The normalized spacial score (nSPS) is 11.1. The third-order valence-corrected chi connectivity index (χ3v) is 2.87. The van der Waals surface area contributed by atoms with Gasteiger partial charge in [-0.25, -0.2) is 5.43 Å². The number of nitrogens with one attached hydrogen (secondary N) is 1. The number of methoxy groups -OCH3 is 1. The number of nitrogens with zero attached hydrogens (tertiary/aromatic N) is 2. The van der Waals surface area contributed by atoms with Crippen LogP contribution in [0.5, 0.6) is 11.5 Å². The molecule has 106 valence electrons. The van der Waals surface area contributed by atoms with Crippen molar-refractivity contribution in [3.05, 3.63) is 48.0 Å². The van der Waals surface area contributed by atoms with Gasteiger partial charge in [0.2, 0.25) is 0 Å². The van der Waals surface area contributed by atoms with Gasteiger partial charge in [0.05, 0.1) is 13.3 Å². The Morgan fingerprint density at radius 2 is 2.14 bits per heavy atom. The third-order valence-electron chi connectivity index (χ3n) is 2.87. The van der Waals surface area contributed by atoms with E-state index in [9.17, 15) is 5.11 Å². The van der Waals surface area contributed by atoms with Crippen LogP contribution in [0.15, 0.2) is 52.0 Å². The second-order valence-corrected chi connectivity index (χ2v) is 4.29. The number of hydrazone groups is 1. The Bertz CT molecular complexity index is 763. The first-order valence-corrected chi connectivity index (χ1v) is 6.28. The molecular formula is C15H13N3O3. The molecule has 3 rings (SSSR count). The zero-order valence-corrected chi connectivity index (χ0v) is 11.3. The van der Waals surface area contributed by atoms with E-state index in [1.165, 1.54) is 7.11 Å². The minimum Gasteiger partial charge on any atom is -0.504 e. The van der Waals surface area contributed by atoms with E-state index in [0.717, 1.165) is 11.1 Å². The third kappa shape index (κ3) is 2.79. The number of ether oxygens (including phenoxy) is 1. The Hall–Kier alpha value is -3.02. The van der Waals surface area contributed by atoms with Crippen LogP contribution < -0.4 is 10.2 Å². The number of aromatic nitrogens is 1.